The van der Waals surface area contributed by atoms with Gasteiger partial charge in [0.2, 0.25) is 0 Å². The van der Waals surface area contributed by atoms with Gasteiger partial charge < -0.3 is 24.2 Å². The Balaban J connectivity index is 1.16. The molecular formula is C32H44N2O5. The van der Waals surface area contributed by atoms with Crippen molar-refractivity contribution in [3.05, 3.63) is 60.2 Å². The maximum Gasteiger partial charge on any atom is 0.412 e. The van der Waals surface area contributed by atoms with Gasteiger partial charge in [0.05, 0.1) is 31.5 Å². The Morgan fingerprint density at radius 1 is 0.949 bits per heavy atom. The minimum atomic E-state index is -0.913. The predicted octanol–water partition coefficient (Wildman–Crippen LogP) is 6.74. The number of piperidine rings is 3. The largest absolute Gasteiger partial charge is 0.494 e. The van der Waals surface area contributed by atoms with Gasteiger partial charge in [-0.2, -0.15) is 0 Å². The first kappa shape index (κ1) is 27.9. The summed E-state index contributed by atoms with van der Waals surface area (Å²) < 4.78 is 17.1. The molecule has 4 aliphatic heterocycles. The highest BCUT2D eigenvalue weighted by Crippen LogP contribution is 2.44. The molecule has 2 bridgehead atoms. The molecule has 2 aromatic carbocycles. The van der Waals surface area contributed by atoms with Crippen molar-refractivity contribution in [3.63, 3.8) is 0 Å². The van der Waals surface area contributed by atoms with Gasteiger partial charge in [-0.25, -0.2) is 4.79 Å². The molecule has 1 unspecified atom stereocenters. The summed E-state index contributed by atoms with van der Waals surface area (Å²) in [6.07, 6.45) is 9.29. The van der Waals surface area contributed by atoms with Crippen molar-refractivity contribution in [1.82, 2.24) is 4.90 Å². The molecule has 4 fully saturated rings. The summed E-state index contributed by atoms with van der Waals surface area (Å²) >= 11 is 0. The molecule has 1 N–H and O–H groups in total. The molecule has 0 saturated carbocycles. The predicted molar refractivity (Wildman–Crippen MR) is 152 cm³/mol. The molecule has 2 aromatic rings. The third-order valence-electron chi connectivity index (χ3n) is 8.63. The van der Waals surface area contributed by atoms with Gasteiger partial charge in [0.15, 0.2) is 6.29 Å². The maximum atomic E-state index is 12.8. The van der Waals surface area contributed by atoms with Crippen LogP contribution >= 0.6 is 0 Å². The van der Waals surface area contributed by atoms with Crippen LogP contribution in [0.1, 0.15) is 69.4 Å². The summed E-state index contributed by atoms with van der Waals surface area (Å²) in [5.41, 5.74) is 1.74. The van der Waals surface area contributed by atoms with E-state index in [0.29, 0.717) is 18.2 Å². The van der Waals surface area contributed by atoms with E-state index >= 15 is 0 Å². The van der Waals surface area contributed by atoms with Crippen molar-refractivity contribution < 1.29 is 24.1 Å². The van der Waals surface area contributed by atoms with E-state index in [1.54, 1.807) is 4.90 Å². The summed E-state index contributed by atoms with van der Waals surface area (Å²) in [5.74, 6) is 1.55. The van der Waals surface area contributed by atoms with Crippen LogP contribution < -0.4 is 9.64 Å². The van der Waals surface area contributed by atoms with Crippen LogP contribution in [0, 0.1) is 11.8 Å². The van der Waals surface area contributed by atoms with E-state index in [4.69, 9.17) is 14.2 Å². The lowest BCUT2D eigenvalue weighted by atomic mass is 9.73. The van der Waals surface area contributed by atoms with Gasteiger partial charge in [-0.1, -0.05) is 62.1 Å². The standard InChI is InChI=1S/C32H44N2O5/c35-32(36)34(31(26-11-6-5-7-12-26)29-24-33-18-16-25(29)17-19-33)27-13-10-14-28(23-27)37-20-9-4-2-1-3-8-15-30-38-21-22-39-30/h5-7,10-14,23,25,29-31H,1-4,8-9,15-22,24H2,(H,35,36)/t29?,31-/m0/s1. The van der Waals surface area contributed by atoms with E-state index in [9.17, 15) is 9.90 Å². The number of amides is 1. The van der Waals surface area contributed by atoms with E-state index in [-0.39, 0.29) is 18.2 Å². The maximum absolute atomic E-state index is 12.8. The lowest BCUT2D eigenvalue weighted by Crippen LogP contribution is -2.53. The van der Waals surface area contributed by atoms with Crippen LogP contribution in [-0.2, 0) is 9.47 Å². The molecule has 2 atom stereocenters. The van der Waals surface area contributed by atoms with Crippen molar-refractivity contribution in [2.24, 2.45) is 11.8 Å². The van der Waals surface area contributed by atoms with Crippen LogP contribution in [0.4, 0.5) is 10.5 Å². The lowest BCUT2D eigenvalue weighted by Gasteiger charge is -2.49. The molecular weight excluding hydrogens is 492 g/mol. The topological polar surface area (TPSA) is 71.5 Å². The van der Waals surface area contributed by atoms with Crippen molar-refractivity contribution in [1.29, 1.82) is 0 Å². The van der Waals surface area contributed by atoms with Gasteiger partial charge >= 0.3 is 6.09 Å². The fraction of sp³-hybridized carbons (Fsp3) is 0.594. The number of anilines is 1. The zero-order valence-corrected chi connectivity index (χ0v) is 23.1. The van der Waals surface area contributed by atoms with E-state index < -0.39 is 6.09 Å². The number of rotatable bonds is 14. The number of carboxylic acid groups (broad SMARTS) is 1. The minimum absolute atomic E-state index is 0.0183. The number of nitrogens with zero attached hydrogens (tertiary/aromatic N) is 2. The highest BCUT2D eigenvalue weighted by Gasteiger charge is 2.43. The third-order valence-corrected chi connectivity index (χ3v) is 8.63. The normalized spacial score (nSPS) is 23.5. The molecule has 212 valence electrons. The Morgan fingerprint density at radius 2 is 1.67 bits per heavy atom. The number of hydrogen-bond donors (Lipinski definition) is 1. The molecule has 7 heteroatoms. The summed E-state index contributed by atoms with van der Waals surface area (Å²) in [6, 6.07) is 17.6. The molecule has 7 nitrogen and oxygen atoms in total. The van der Waals surface area contributed by atoms with Crippen molar-refractivity contribution in [2.45, 2.75) is 70.1 Å². The first-order chi connectivity index (χ1) is 19.2. The molecule has 0 radical (unpaired) electrons. The molecule has 4 saturated heterocycles. The Hall–Kier alpha value is -2.61. The van der Waals surface area contributed by atoms with Gasteiger partial charge in [-0.3, -0.25) is 4.90 Å². The number of benzene rings is 2. The van der Waals surface area contributed by atoms with E-state index in [1.807, 2.05) is 42.5 Å². The lowest BCUT2D eigenvalue weighted by molar-refractivity contribution is -0.0480. The van der Waals surface area contributed by atoms with Gasteiger partial charge in [0, 0.05) is 12.6 Å². The van der Waals surface area contributed by atoms with Crippen LogP contribution in [-0.4, -0.2) is 61.8 Å². The van der Waals surface area contributed by atoms with Crippen LogP contribution in [0.5, 0.6) is 5.75 Å². The number of ether oxygens (including phenoxy) is 3. The van der Waals surface area contributed by atoms with Crippen LogP contribution in [0.25, 0.3) is 0 Å². The Morgan fingerprint density at radius 3 is 2.36 bits per heavy atom. The van der Waals surface area contributed by atoms with Crippen molar-refractivity contribution in [2.75, 3.05) is 44.4 Å². The SMILES string of the molecule is O=C(O)N(c1cccc(OCCCCCCCCC2OCCO2)c1)[C@@H](c1ccccc1)C1CN2CCC1CC2. The average molecular weight is 537 g/mol. The molecule has 4 aliphatic rings. The second-order valence-electron chi connectivity index (χ2n) is 11.2. The molecule has 39 heavy (non-hydrogen) atoms. The molecule has 1 amide bonds. The third kappa shape index (κ3) is 7.53. The molecule has 0 aliphatic carbocycles. The first-order valence-corrected chi connectivity index (χ1v) is 14.9. The summed E-state index contributed by atoms with van der Waals surface area (Å²) in [4.78, 5) is 16.9. The van der Waals surface area contributed by atoms with Crippen LogP contribution in [0.3, 0.4) is 0 Å². The molecule has 6 rings (SSSR count). The molecule has 0 spiro atoms. The summed E-state index contributed by atoms with van der Waals surface area (Å²) in [7, 11) is 0. The van der Waals surface area contributed by atoms with E-state index in [2.05, 4.69) is 17.0 Å². The van der Waals surface area contributed by atoms with Gasteiger partial charge in [-0.15, -0.1) is 0 Å². The van der Waals surface area contributed by atoms with Crippen LogP contribution in [0.2, 0.25) is 0 Å². The Labute approximate surface area is 233 Å². The second kappa shape index (κ2) is 14.1. The van der Waals surface area contributed by atoms with Crippen molar-refractivity contribution >= 4 is 11.8 Å². The monoisotopic (exact) mass is 536 g/mol. The van der Waals surface area contributed by atoms with Gasteiger partial charge in [0.25, 0.3) is 0 Å². The minimum Gasteiger partial charge on any atom is -0.494 e. The highest BCUT2D eigenvalue weighted by atomic mass is 16.7. The summed E-state index contributed by atoms with van der Waals surface area (Å²) in [6.45, 7) is 5.31. The number of hydrogen-bond acceptors (Lipinski definition) is 5. The smallest absolute Gasteiger partial charge is 0.412 e. The zero-order valence-electron chi connectivity index (χ0n) is 23.1. The Bertz CT molecular complexity index is 1020. The van der Waals surface area contributed by atoms with Crippen LogP contribution in [0.15, 0.2) is 54.6 Å². The fourth-order valence-corrected chi connectivity index (χ4v) is 6.60. The average Bonchev–Trinajstić information content (AvgIpc) is 3.49. The van der Waals surface area contributed by atoms with Gasteiger partial charge in [0.1, 0.15) is 5.75 Å². The highest BCUT2D eigenvalue weighted by molar-refractivity contribution is 5.87. The van der Waals surface area contributed by atoms with Gasteiger partial charge in [-0.05, 0) is 74.7 Å². The summed E-state index contributed by atoms with van der Waals surface area (Å²) in [5, 5.41) is 10.5. The second-order valence-corrected chi connectivity index (χ2v) is 11.2. The molecule has 0 aromatic heterocycles. The molecule has 4 heterocycles. The number of carbonyl (C=O) groups is 1. The first-order valence-electron chi connectivity index (χ1n) is 14.9. The Kier molecular flexibility index (Phi) is 10.1. The van der Waals surface area contributed by atoms with E-state index in [0.717, 1.165) is 82.7 Å². The quantitative estimate of drug-likeness (QED) is 0.270. The van der Waals surface area contributed by atoms with E-state index in [1.165, 1.54) is 19.3 Å². The number of fused-ring (bicyclic) bond motifs is 3. The van der Waals surface area contributed by atoms with Crippen molar-refractivity contribution in [3.8, 4) is 5.75 Å². The zero-order chi connectivity index (χ0) is 26.9. The fourth-order valence-electron chi connectivity index (χ4n) is 6.60. The number of unbranched alkanes of at least 4 members (excludes halogenated alkanes) is 5.